The van der Waals surface area contributed by atoms with Crippen LogP contribution in [0.25, 0.3) is 0 Å². The van der Waals surface area contributed by atoms with Gasteiger partial charge in [-0.2, -0.15) is 0 Å². The summed E-state index contributed by atoms with van der Waals surface area (Å²) >= 11 is 0. The van der Waals surface area contributed by atoms with Crippen molar-refractivity contribution in [2.24, 2.45) is 0 Å². The number of esters is 2. The molecule has 3 rings (SSSR count). The van der Waals surface area contributed by atoms with Crippen LogP contribution in [0.2, 0.25) is 0 Å². The predicted molar refractivity (Wildman–Crippen MR) is 112 cm³/mol. The molecule has 154 valence electrons. The number of hydrogen-bond donors (Lipinski definition) is 0. The highest BCUT2D eigenvalue weighted by Gasteiger charge is 2.13. The van der Waals surface area contributed by atoms with Gasteiger partial charge < -0.3 is 18.9 Å². The van der Waals surface area contributed by atoms with Crippen molar-refractivity contribution in [1.82, 2.24) is 0 Å². The zero-order valence-corrected chi connectivity index (χ0v) is 16.8. The lowest BCUT2D eigenvalue weighted by atomic mass is 10.1. The van der Waals surface area contributed by atoms with Gasteiger partial charge >= 0.3 is 11.9 Å². The van der Waals surface area contributed by atoms with Gasteiger partial charge in [0.25, 0.3) is 0 Å². The molecule has 0 fully saturated rings. The second kappa shape index (κ2) is 10.1. The molecule has 0 aliphatic heterocycles. The molecule has 0 aliphatic carbocycles. The molecule has 6 heteroatoms. The van der Waals surface area contributed by atoms with Crippen molar-refractivity contribution in [2.45, 2.75) is 13.8 Å². The number of hydrogen-bond acceptors (Lipinski definition) is 6. The summed E-state index contributed by atoms with van der Waals surface area (Å²) < 4.78 is 21.4. The Morgan fingerprint density at radius 1 is 0.533 bits per heavy atom. The molecule has 0 unspecified atom stereocenters. The zero-order chi connectivity index (χ0) is 21.3. The van der Waals surface area contributed by atoms with Crippen molar-refractivity contribution in [2.75, 3.05) is 13.2 Å². The first kappa shape index (κ1) is 20.9. The smallest absolute Gasteiger partial charge is 0.343 e. The minimum absolute atomic E-state index is 0.321. The minimum Gasteiger partial charge on any atom is -0.494 e. The van der Waals surface area contributed by atoms with Crippen LogP contribution in [0.1, 0.15) is 34.6 Å². The number of benzene rings is 3. The van der Waals surface area contributed by atoms with E-state index in [1.54, 1.807) is 48.5 Å². The van der Waals surface area contributed by atoms with Crippen LogP contribution in [-0.2, 0) is 0 Å². The lowest BCUT2D eigenvalue weighted by Crippen LogP contribution is -2.11. The fraction of sp³-hybridized carbons (Fsp3) is 0.167. The van der Waals surface area contributed by atoms with Crippen molar-refractivity contribution in [3.05, 3.63) is 83.9 Å². The van der Waals surface area contributed by atoms with Crippen LogP contribution in [0, 0.1) is 0 Å². The standard InChI is InChI=1S/C24H22O6/c1-3-27-19-9-13-21(14-10-19)29-23(25)17-5-7-18(8-6-17)24(26)30-22-15-11-20(12-16-22)28-4-2/h5-16H,3-4H2,1-2H3. The van der Waals surface area contributed by atoms with Crippen LogP contribution in [0.5, 0.6) is 23.0 Å². The number of rotatable bonds is 8. The van der Waals surface area contributed by atoms with E-state index in [0.29, 0.717) is 47.3 Å². The molecule has 30 heavy (non-hydrogen) atoms. The molecule has 0 radical (unpaired) electrons. The summed E-state index contributed by atoms with van der Waals surface area (Å²) in [6.45, 7) is 4.91. The maximum absolute atomic E-state index is 12.3. The fourth-order valence-electron chi connectivity index (χ4n) is 2.62. The topological polar surface area (TPSA) is 71.1 Å². The molecular weight excluding hydrogens is 384 g/mol. The Balaban J connectivity index is 1.59. The minimum atomic E-state index is -0.523. The first-order valence-corrected chi connectivity index (χ1v) is 9.59. The normalized spacial score (nSPS) is 10.2. The largest absolute Gasteiger partial charge is 0.494 e. The Morgan fingerprint density at radius 2 is 0.833 bits per heavy atom. The third-order valence-corrected chi connectivity index (χ3v) is 4.05. The van der Waals surface area contributed by atoms with E-state index in [2.05, 4.69) is 0 Å². The van der Waals surface area contributed by atoms with Crippen LogP contribution in [0.3, 0.4) is 0 Å². The van der Waals surface area contributed by atoms with Crippen molar-refractivity contribution in [3.63, 3.8) is 0 Å². The summed E-state index contributed by atoms with van der Waals surface area (Å²) in [5.41, 5.74) is 0.642. The molecule has 0 saturated carbocycles. The molecule has 0 N–H and O–H groups in total. The van der Waals surface area contributed by atoms with E-state index in [1.807, 2.05) is 13.8 Å². The van der Waals surface area contributed by atoms with Crippen molar-refractivity contribution >= 4 is 11.9 Å². The zero-order valence-electron chi connectivity index (χ0n) is 16.8. The van der Waals surface area contributed by atoms with Gasteiger partial charge in [0, 0.05) is 0 Å². The summed E-state index contributed by atoms with van der Waals surface area (Å²) in [5.74, 6) is 1.17. The Labute approximate surface area is 175 Å². The third-order valence-electron chi connectivity index (χ3n) is 4.05. The highest BCUT2D eigenvalue weighted by atomic mass is 16.5. The summed E-state index contributed by atoms with van der Waals surface area (Å²) in [6, 6.07) is 19.6. The molecular formula is C24H22O6. The Hall–Kier alpha value is -3.80. The molecule has 0 saturated heterocycles. The van der Waals surface area contributed by atoms with E-state index < -0.39 is 11.9 Å². The van der Waals surface area contributed by atoms with E-state index in [9.17, 15) is 9.59 Å². The predicted octanol–water partition coefficient (Wildman–Crippen LogP) is 4.92. The first-order chi connectivity index (χ1) is 14.6. The Bertz CT molecular complexity index is 893. The van der Waals surface area contributed by atoms with Gasteiger partial charge in [0.2, 0.25) is 0 Å². The molecule has 0 aromatic heterocycles. The van der Waals surface area contributed by atoms with Crippen LogP contribution in [0.15, 0.2) is 72.8 Å². The molecule has 0 aliphatic rings. The lowest BCUT2D eigenvalue weighted by molar-refractivity contribution is 0.0720. The molecule has 6 nitrogen and oxygen atoms in total. The summed E-state index contributed by atoms with van der Waals surface area (Å²) in [7, 11) is 0. The maximum atomic E-state index is 12.3. The summed E-state index contributed by atoms with van der Waals surface area (Å²) in [6.07, 6.45) is 0. The van der Waals surface area contributed by atoms with Gasteiger partial charge in [-0.15, -0.1) is 0 Å². The third kappa shape index (κ3) is 5.61. The molecule has 0 atom stereocenters. The van der Waals surface area contributed by atoms with Crippen LogP contribution in [-0.4, -0.2) is 25.2 Å². The van der Waals surface area contributed by atoms with Crippen molar-refractivity contribution < 1.29 is 28.5 Å². The quantitative estimate of drug-likeness (QED) is 0.391. The number of carbonyl (C=O) groups excluding carboxylic acids is 2. The SMILES string of the molecule is CCOc1ccc(OC(=O)c2ccc(C(=O)Oc3ccc(OCC)cc3)cc2)cc1. The van der Waals surface area contributed by atoms with Gasteiger partial charge in [0.1, 0.15) is 23.0 Å². The monoisotopic (exact) mass is 406 g/mol. The molecule has 0 amide bonds. The summed E-state index contributed by atoms with van der Waals surface area (Å²) in [5, 5.41) is 0. The van der Waals surface area contributed by atoms with E-state index in [0.717, 1.165) is 0 Å². The van der Waals surface area contributed by atoms with Crippen molar-refractivity contribution in [1.29, 1.82) is 0 Å². The van der Waals surface area contributed by atoms with Crippen molar-refractivity contribution in [3.8, 4) is 23.0 Å². The second-order valence-corrected chi connectivity index (χ2v) is 6.17. The maximum Gasteiger partial charge on any atom is 0.343 e. The second-order valence-electron chi connectivity index (χ2n) is 6.17. The fourth-order valence-corrected chi connectivity index (χ4v) is 2.62. The molecule has 0 heterocycles. The summed E-state index contributed by atoms with van der Waals surface area (Å²) in [4.78, 5) is 24.6. The van der Waals surface area contributed by atoms with Gasteiger partial charge in [0.15, 0.2) is 0 Å². The van der Waals surface area contributed by atoms with E-state index >= 15 is 0 Å². The lowest BCUT2D eigenvalue weighted by Gasteiger charge is -2.08. The van der Waals surface area contributed by atoms with E-state index in [4.69, 9.17) is 18.9 Å². The molecule has 3 aromatic carbocycles. The highest BCUT2D eigenvalue weighted by molar-refractivity contribution is 5.94. The van der Waals surface area contributed by atoms with Gasteiger partial charge in [-0.1, -0.05) is 0 Å². The number of carbonyl (C=O) groups is 2. The number of ether oxygens (including phenoxy) is 4. The average Bonchev–Trinajstić information content (AvgIpc) is 2.77. The first-order valence-electron chi connectivity index (χ1n) is 9.59. The van der Waals surface area contributed by atoms with Gasteiger partial charge in [-0.05, 0) is 86.6 Å². The van der Waals surface area contributed by atoms with Gasteiger partial charge in [-0.25, -0.2) is 9.59 Å². The molecule has 0 bridgehead atoms. The van der Waals surface area contributed by atoms with Gasteiger partial charge in [0.05, 0.1) is 24.3 Å². The average molecular weight is 406 g/mol. The Kier molecular flexibility index (Phi) is 7.05. The van der Waals surface area contributed by atoms with E-state index in [1.165, 1.54) is 24.3 Å². The van der Waals surface area contributed by atoms with Crippen LogP contribution in [0.4, 0.5) is 0 Å². The highest BCUT2D eigenvalue weighted by Crippen LogP contribution is 2.20. The van der Waals surface area contributed by atoms with Crippen LogP contribution >= 0.6 is 0 Å². The van der Waals surface area contributed by atoms with E-state index in [-0.39, 0.29) is 0 Å². The molecule has 3 aromatic rings. The molecule has 0 spiro atoms. The van der Waals surface area contributed by atoms with Crippen LogP contribution < -0.4 is 18.9 Å². The van der Waals surface area contributed by atoms with Gasteiger partial charge in [-0.3, -0.25) is 0 Å². The Morgan fingerprint density at radius 3 is 1.13 bits per heavy atom.